The van der Waals surface area contributed by atoms with E-state index in [4.69, 9.17) is 0 Å². The summed E-state index contributed by atoms with van der Waals surface area (Å²) < 4.78 is 29.3. The number of nitrogens with zero attached hydrogens (tertiary/aromatic N) is 7. The summed E-state index contributed by atoms with van der Waals surface area (Å²) in [6.45, 7) is 0. The highest BCUT2D eigenvalue weighted by atomic mass is 32.2. The molecule has 26 heavy (non-hydrogen) atoms. The number of fused-ring (bicyclic) bond motifs is 1. The second-order valence-electron chi connectivity index (χ2n) is 5.79. The van der Waals surface area contributed by atoms with E-state index in [1.165, 1.54) is 11.8 Å². The Hall–Kier alpha value is -2.40. The normalized spacial score (nSPS) is 14.6. The van der Waals surface area contributed by atoms with Crippen molar-refractivity contribution >= 4 is 28.7 Å². The first kappa shape index (κ1) is 15.8. The van der Waals surface area contributed by atoms with Gasteiger partial charge in [-0.3, -0.25) is 4.57 Å². The van der Waals surface area contributed by atoms with Crippen molar-refractivity contribution in [1.29, 1.82) is 0 Å². The Morgan fingerprint density at radius 2 is 2.00 bits per heavy atom. The molecule has 5 rings (SSSR count). The lowest BCUT2D eigenvalue weighted by molar-refractivity contribution is 0.137. The van der Waals surface area contributed by atoms with Gasteiger partial charge in [0.25, 0.3) is 6.43 Å². The molecule has 0 unspecified atom stereocenters. The zero-order chi connectivity index (χ0) is 17.7. The molecule has 0 radical (unpaired) electrons. The monoisotopic (exact) mass is 391 g/mol. The van der Waals surface area contributed by atoms with Gasteiger partial charge in [0.1, 0.15) is 5.03 Å². The standard InChI is InChI=1S/C15H11F2N7S2/c16-12(17)14-20-18-10-5-6-11(22-24(10)14)26-15-21-19-13(9-2-1-7-25-9)23(15)8-3-4-8/h1-2,5-8,12H,3-4H2. The van der Waals surface area contributed by atoms with E-state index in [0.717, 1.165) is 28.1 Å². The largest absolute Gasteiger partial charge is 0.299 e. The van der Waals surface area contributed by atoms with E-state index >= 15 is 0 Å². The summed E-state index contributed by atoms with van der Waals surface area (Å²) in [5.74, 6) is 0.369. The fraction of sp³-hybridized carbons (Fsp3) is 0.267. The molecule has 4 heterocycles. The molecule has 0 amide bonds. The highest BCUT2D eigenvalue weighted by Crippen LogP contribution is 2.42. The quantitative estimate of drug-likeness (QED) is 0.514. The predicted molar refractivity (Wildman–Crippen MR) is 91.5 cm³/mol. The smallest absolute Gasteiger partial charge is 0.298 e. The van der Waals surface area contributed by atoms with Gasteiger partial charge < -0.3 is 0 Å². The Balaban J connectivity index is 1.54. The Labute approximate surface area is 154 Å². The zero-order valence-electron chi connectivity index (χ0n) is 13.2. The van der Waals surface area contributed by atoms with Gasteiger partial charge in [0.05, 0.1) is 4.88 Å². The molecule has 0 spiro atoms. The topological polar surface area (TPSA) is 73.8 Å². The molecule has 0 saturated heterocycles. The number of rotatable bonds is 5. The van der Waals surface area contributed by atoms with Crippen molar-refractivity contribution in [1.82, 2.24) is 34.6 Å². The van der Waals surface area contributed by atoms with E-state index in [9.17, 15) is 8.78 Å². The Morgan fingerprint density at radius 3 is 2.73 bits per heavy atom. The lowest BCUT2D eigenvalue weighted by atomic mass is 10.4. The summed E-state index contributed by atoms with van der Waals surface area (Å²) in [5.41, 5.74) is 0.285. The molecule has 0 bridgehead atoms. The van der Waals surface area contributed by atoms with Gasteiger partial charge in [0, 0.05) is 6.04 Å². The van der Waals surface area contributed by atoms with Crippen molar-refractivity contribution in [3.8, 4) is 10.7 Å². The minimum atomic E-state index is -2.74. The van der Waals surface area contributed by atoms with Gasteiger partial charge >= 0.3 is 0 Å². The fourth-order valence-electron chi connectivity index (χ4n) is 2.66. The van der Waals surface area contributed by atoms with E-state index < -0.39 is 12.2 Å². The maximum Gasteiger partial charge on any atom is 0.299 e. The van der Waals surface area contributed by atoms with Gasteiger partial charge in [-0.05, 0) is 48.2 Å². The van der Waals surface area contributed by atoms with E-state index in [1.54, 1.807) is 23.5 Å². The summed E-state index contributed by atoms with van der Waals surface area (Å²) in [7, 11) is 0. The average Bonchev–Trinajstić information content (AvgIpc) is 3.03. The number of hydrogen-bond donors (Lipinski definition) is 0. The van der Waals surface area contributed by atoms with Crippen molar-refractivity contribution in [2.24, 2.45) is 0 Å². The van der Waals surface area contributed by atoms with Crippen LogP contribution in [0.3, 0.4) is 0 Å². The van der Waals surface area contributed by atoms with Crippen molar-refractivity contribution in [2.45, 2.75) is 35.5 Å². The van der Waals surface area contributed by atoms with Gasteiger partial charge in [-0.2, -0.15) is 9.61 Å². The lowest BCUT2D eigenvalue weighted by Crippen LogP contribution is -2.02. The van der Waals surface area contributed by atoms with E-state index in [0.29, 0.717) is 16.2 Å². The van der Waals surface area contributed by atoms with E-state index in [1.807, 2.05) is 17.5 Å². The summed E-state index contributed by atoms with van der Waals surface area (Å²) >= 11 is 2.91. The summed E-state index contributed by atoms with van der Waals surface area (Å²) in [6, 6.07) is 7.71. The molecule has 7 nitrogen and oxygen atoms in total. The third-order valence-electron chi connectivity index (χ3n) is 3.97. The summed E-state index contributed by atoms with van der Waals surface area (Å²) in [4.78, 5) is 1.05. The third kappa shape index (κ3) is 2.67. The molecule has 0 atom stereocenters. The van der Waals surface area contributed by atoms with Crippen LogP contribution >= 0.6 is 23.1 Å². The van der Waals surface area contributed by atoms with Crippen LogP contribution in [0.1, 0.15) is 31.1 Å². The molecule has 4 aromatic rings. The highest BCUT2D eigenvalue weighted by molar-refractivity contribution is 7.99. The van der Waals surface area contributed by atoms with Crippen LogP contribution in [0.2, 0.25) is 0 Å². The SMILES string of the molecule is FC(F)c1nnc2ccc(Sc3nnc(-c4cccs4)n3C3CC3)nn12. The molecule has 4 aromatic heterocycles. The molecule has 1 saturated carbocycles. The Morgan fingerprint density at radius 1 is 1.12 bits per heavy atom. The maximum absolute atomic E-state index is 13.0. The van der Waals surface area contributed by atoms with Crippen LogP contribution < -0.4 is 0 Å². The van der Waals surface area contributed by atoms with Crippen LogP contribution in [0.15, 0.2) is 39.8 Å². The molecule has 11 heteroatoms. The molecule has 0 aliphatic heterocycles. The highest BCUT2D eigenvalue weighted by Gasteiger charge is 2.31. The van der Waals surface area contributed by atoms with Crippen molar-refractivity contribution in [3.63, 3.8) is 0 Å². The zero-order valence-corrected chi connectivity index (χ0v) is 14.8. The molecule has 1 fully saturated rings. The second-order valence-corrected chi connectivity index (χ2v) is 7.72. The van der Waals surface area contributed by atoms with E-state index in [2.05, 4.69) is 30.1 Å². The molecular formula is C15H11F2N7S2. The van der Waals surface area contributed by atoms with Crippen LogP contribution in [0.25, 0.3) is 16.3 Å². The van der Waals surface area contributed by atoms with Gasteiger partial charge in [-0.25, -0.2) is 8.78 Å². The lowest BCUT2D eigenvalue weighted by Gasteiger charge is -2.07. The Bertz CT molecular complexity index is 1070. The van der Waals surface area contributed by atoms with Crippen molar-refractivity contribution < 1.29 is 8.78 Å². The Kier molecular flexibility index (Phi) is 3.71. The van der Waals surface area contributed by atoms with Crippen molar-refractivity contribution in [2.75, 3.05) is 0 Å². The second kappa shape index (κ2) is 6.09. The predicted octanol–water partition coefficient (Wildman–Crippen LogP) is 3.87. The van der Waals surface area contributed by atoms with Crippen LogP contribution in [0.4, 0.5) is 8.78 Å². The summed E-state index contributed by atoms with van der Waals surface area (Å²) in [6.07, 6.45) is -0.576. The number of hydrogen-bond acceptors (Lipinski definition) is 7. The van der Waals surface area contributed by atoms with Gasteiger partial charge in [0.2, 0.25) is 5.82 Å². The molecule has 132 valence electrons. The minimum absolute atomic E-state index is 0.285. The summed E-state index contributed by atoms with van der Waals surface area (Å²) in [5, 5.41) is 23.3. The van der Waals surface area contributed by atoms with Gasteiger partial charge in [0.15, 0.2) is 16.6 Å². The molecular weight excluding hydrogens is 380 g/mol. The van der Waals surface area contributed by atoms with Crippen molar-refractivity contribution in [3.05, 3.63) is 35.5 Å². The fourth-order valence-corrected chi connectivity index (χ4v) is 4.22. The first-order valence-electron chi connectivity index (χ1n) is 7.88. The number of aromatic nitrogens is 7. The van der Waals surface area contributed by atoms with Gasteiger partial charge in [-0.15, -0.1) is 31.7 Å². The van der Waals surface area contributed by atoms with Crippen LogP contribution in [0, 0.1) is 0 Å². The number of halogens is 2. The molecule has 1 aliphatic carbocycles. The molecule has 0 N–H and O–H groups in total. The average molecular weight is 391 g/mol. The molecule has 0 aromatic carbocycles. The van der Waals surface area contributed by atoms with Gasteiger partial charge in [-0.1, -0.05) is 6.07 Å². The number of thiophene rings is 1. The van der Waals surface area contributed by atoms with Crippen LogP contribution in [0.5, 0.6) is 0 Å². The third-order valence-corrected chi connectivity index (χ3v) is 5.73. The maximum atomic E-state index is 13.0. The first-order valence-corrected chi connectivity index (χ1v) is 9.57. The van der Waals surface area contributed by atoms with Crippen LogP contribution in [-0.2, 0) is 0 Å². The first-order chi connectivity index (χ1) is 12.7. The molecule has 1 aliphatic rings. The van der Waals surface area contributed by atoms with E-state index in [-0.39, 0.29) is 5.65 Å². The minimum Gasteiger partial charge on any atom is -0.298 e. The van der Waals surface area contributed by atoms with Crippen LogP contribution in [-0.4, -0.2) is 34.6 Å². The number of alkyl halides is 2.